The summed E-state index contributed by atoms with van der Waals surface area (Å²) in [4.78, 5) is 64.3. The van der Waals surface area contributed by atoms with Crippen LogP contribution in [-0.4, -0.2) is 65.3 Å². The number of carbonyl (C=O) groups excluding carboxylic acids is 5. The van der Waals surface area contributed by atoms with E-state index in [1.54, 1.807) is 26.0 Å². The first kappa shape index (κ1) is 33.8. The summed E-state index contributed by atoms with van der Waals surface area (Å²) in [6, 6.07) is 9.19. The molecule has 0 saturated heterocycles. The van der Waals surface area contributed by atoms with Crippen LogP contribution in [0.5, 0.6) is 0 Å². The van der Waals surface area contributed by atoms with Gasteiger partial charge < -0.3 is 24.1 Å². The second-order valence-electron chi connectivity index (χ2n) is 12.9. The highest BCUT2D eigenvalue weighted by Gasteiger charge is 2.57. The van der Waals surface area contributed by atoms with Crippen molar-refractivity contribution in [3.8, 4) is 0 Å². The monoisotopic (exact) mass is 622 g/mol. The number of Topliss-reactive ketones (excluding diaryl/α,β-unsaturated/α-hetero) is 1. The van der Waals surface area contributed by atoms with Gasteiger partial charge in [0, 0.05) is 39.2 Å². The molecule has 1 saturated carbocycles. The summed E-state index contributed by atoms with van der Waals surface area (Å²) in [7, 11) is 0. The maximum absolute atomic E-state index is 14.4. The number of carbonyl (C=O) groups is 5. The molecule has 0 aromatic heterocycles. The molecule has 0 heterocycles. The molecule has 0 spiro atoms. The molecule has 10 nitrogen and oxygen atoms in total. The molecule has 4 bridgehead atoms. The molecule has 3 aliphatic carbocycles. The van der Waals surface area contributed by atoms with Gasteiger partial charge in [0.05, 0.1) is 5.41 Å². The van der Waals surface area contributed by atoms with Crippen molar-refractivity contribution >= 4 is 35.7 Å². The Morgan fingerprint density at radius 1 is 0.867 bits per heavy atom. The van der Waals surface area contributed by atoms with Crippen LogP contribution in [0.1, 0.15) is 73.3 Å². The second kappa shape index (κ2) is 13.1. The molecule has 10 heteroatoms. The third kappa shape index (κ3) is 7.11. The molecule has 7 atom stereocenters. The molecule has 1 N–H and O–H groups in total. The summed E-state index contributed by atoms with van der Waals surface area (Å²) >= 11 is 0. The average molecular weight is 623 g/mol. The van der Waals surface area contributed by atoms with E-state index in [1.165, 1.54) is 26.8 Å². The van der Waals surface area contributed by atoms with E-state index >= 15 is 0 Å². The van der Waals surface area contributed by atoms with Gasteiger partial charge in [0.1, 0.15) is 30.5 Å². The number of aliphatic hydroxyl groups excluding tert-OH is 1. The molecule has 1 aromatic carbocycles. The predicted molar refractivity (Wildman–Crippen MR) is 163 cm³/mol. The van der Waals surface area contributed by atoms with Crippen LogP contribution < -0.4 is 0 Å². The Morgan fingerprint density at radius 2 is 1.49 bits per heavy atom. The number of benzene rings is 1. The largest absolute Gasteiger partial charge is 0.461 e. The van der Waals surface area contributed by atoms with Gasteiger partial charge in [-0.25, -0.2) is 4.79 Å². The molecule has 3 aliphatic rings. The standard InChI is InChI=1S/C35H42O10/c1-19-26(42-20(2)36)16-25-28(43-21(3)37)15-24-18-35(7,33(41)32(40)31(19)34(25,5)6)29(44-22(4)38)17-27(24)45-30(39)14-13-23-11-9-8-10-12-23/h8-15,25-29,32,40H,16-18H2,1-7H3/b14-13-,24-15+/t25-,26-,27-,28-,29-,32+,35-/m0/s1. The number of ether oxygens (including phenoxy) is 4. The SMILES string of the molecule is CC(=O)O[C@H]1C[C@H]2[C@@H](OC(C)=O)/C=C3\C[C@](C)(C(=O)[C@H](O)C(=C1C)C2(C)C)[C@@H](OC(C)=O)C[C@@H]3OC(=O)/C=C\c1ccccc1. The van der Waals surface area contributed by atoms with E-state index in [0.717, 1.165) is 5.56 Å². The van der Waals surface area contributed by atoms with Gasteiger partial charge in [-0.1, -0.05) is 44.2 Å². The Bertz CT molecular complexity index is 1450. The van der Waals surface area contributed by atoms with E-state index in [0.29, 0.717) is 16.7 Å². The van der Waals surface area contributed by atoms with Gasteiger partial charge in [-0.2, -0.15) is 0 Å². The highest BCUT2D eigenvalue weighted by molar-refractivity contribution is 5.93. The van der Waals surface area contributed by atoms with Crippen LogP contribution in [0.2, 0.25) is 0 Å². The van der Waals surface area contributed by atoms with E-state index in [4.69, 9.17) is 18.9 Å². The Hall–Kier alpha value is -4.05. The van der Waals surface area contributed by atoms with Crippen LogP contribution in [0.4, 0.5) is 0 Å². The Kier molecular flexibility index (Phi) is 9.87. The third-order valence-electron chi connectivity index (χ3n) is 9.37. The van der Waals surface area contributed by atoms with Crippen molar-refractivity contribution in [2.24, 2.45) is 16.7 Å². The minimum Gasteiger partial charge on any atom is -0.461 e. The van der Waals surface area contributed by atoms with Crippen LogP contribution in [-0.2, 0) is 42.9 Å². The lowest BCUT2D eigenvalue weighted by molar-refractivity contribution is -0.169. The quantitative estimate of drug-likeness (QED) is 0.209. The summed E-state index contributed by atoms with van der Waals surface area (Å²) in [6.45, 7) is 10.8. The average Bonchev–Trinajstić information content (AvgIpc) is 2.94. The maximum Gasteiger partial charge on any atom is 0.331 e. The second-order valence-corrected chi connectivity index (χ2v) is 12.9. The van der Waals surface area contributed by atoms with E-state index in [9.17, 15) is 29.1 Å². The summed E-state index contributed by atoms with van der Waals surface area (Å²) in [5.41, 5.74) is -0.173. The van der Waals surface area contributed by atoms with Gasteiger partial charge >= 0.3 is 23.9 Å². The summed E-state index contributed by atoms with van der Waals surface area (Å²) in [5, 5.41) is 11.8. The number of esters is 4. The molecule has 45 heavy (non-hydrogen) atoms. The highest BCUT2D eigenvalue weighted by atomic mass is 16.6. The molecule has 1 fully saturated rings. The molecule has 242 valence electrons. The Morgan fingerprint density at radius 3 is 2.09 bits per heavy atom. The van der Waals surface area contributed by atoms with Gasteiger partial charge in [0.15, 0.2) is 5.78 Å². The molecule has 0 amide bonds. The summed E-state index contributed by atoms with van der Waals surface area (Å²) in [5.74, 6) is -3.51. The van der Waals surface area contributed by atoms with E-state index < -0.39 is 76.9 Å². The first-order valence-corrected chi connectivity index (χ1v) is 15.1. The van der Waals surface area contributed by atoms with E-state index in [2.05, 4.69) is 0 Å². The maximum atomic E-state index is 14.4. The molecular weight excluding hydrogens is 580 g/mol. The summed E-state index contributed by atoms with van der Waals surface area (Å²) in [6.07, 6.45) is -0.553. The molecule has 1 aromatic rings. The Labute approximate surface area is 263 Å². The van der Waals surface area contributed by atoms with Gasteiger partial charge in [-0.05, 0) is 66.5 Å². The third-order valence-corrected chi connectivity index (χ3v) is 9.37. The zero-order valence-corrected chi connectivity index (χ0v) is 26.8. The van der Waals surface area contributed by atoms with E-state index in [1.807, 2.05) is 44.2 Å². The van der Waals surface area contributed by atoms with E-state index in [-0.39, 0.29) is 19.3 Å². The first-order chi connectivity index (χ1) is 21.0. The lowest BCUT2D eigenvalue weighted by Gasteiger charge is -2.51. The van der Waals surface area contributed by atoms with Crippen molar-refractivity contribution in [1.82, 2.24) is 0 Å². The number of rotatable bonds is 6. The first-order valence-electron chi connectivity index (χ1n) is 15.1. The normalized spacial score (nSPS) is 32.2. The molecule has 0 radical (unpaired) electrons. The van der Waals surface area contributed by atoms with Crippen molar-refractivity contribution < 1.29 is 48.0 Å². The Balaban J connectivity index is 1.88. The highest BCUT2D eigenvalue weighted by Crippen LogP contribution is 2.53. The predicted octanol–water partition coefficient (Wildman–Crippen LogP) is 4.44. The number of hydrogen-bond acceptors (Lipinski definition) is 10. The smallest absolute Gasteiger partial charge is 0.331 e. The fraction of sp³-hybridized carbons (Fsp3) is 0.514. The van der Waals surface area contributed by atoms with Gasteiger partial charge in [0.25, 0.3) is 0 Å². The minimum absolute atomic E-state index is 0.0359. The molecule has 0 unspecified atom stereocenters. The van der Waals surface area contributed by atoms with Crippen LogP contribution in [0.25, 0.3) is 6.08 Å². The van der Waals surface area contributed by atoms with Gasteiger partial charge in [-0.3, -0.25) is 19.2 Å². The fourth-order valence-electron chi connectivity index (χ4n) is 7.19. The summed E-state index contributed by atoms with van der Waals surface area (Å²) < 4.78 is 23.1. The number of aliphatic hydroxyl groups is 1. The molecule has 0 aliphatic heterocycles. The van der Waals surface area contributed by atoms with Crippen molar-refractivity contribution in [3.63, 3.8) is 0 Å². The van der Waals surface area contributed by atoms with Crippen molar-refractivity contribution in [3.05, 3.63) is 64.8 Å². The van der Waals surface area contributed by atoms with Crippen LogP contribution in [0, 0.1) is 16.7 Å². The van der Waals surface area contributed by atoms with Crippen molar-refractivity contribution in [2.45, 2.75) is 98.2 Å². The van der Waals surface area contributed by atoms with Crippen LogP contribution in [0.15, 0.2) is 59.2 Å². The number of hydrogen-bond donors (Lipinski definition) is 1. The zero-order valence-electron chi connectivity index (χ0n) is 26.8. The zero-order chi connectivity index (χ0) is 33.3. The minimum atomic E-state index is -1.64. The topological polar surface area (TPSA) is 143 Å². The lowest BCUT2D eigenvalue weighted by atomic mass is 9.57. The lowest BCUT2D eigenvalue weighted by Crippen LogP contribution is -2.56. The number of fused-ring (bicyclic) bond motifs is 4. The molecule has 4 rings (SSSR count). The van der Waals surface area contributed by atoms with Gasteiger partial charge in [-0.15, -0.1) is 0 Å². The van der Waals surface area contributed by atoms with Crippen molar-refractivity contribution in [1.29, 1.82) is 0 Å². The van der Waals surface area contributed by atoms with Gasteiger partial charge in [0.2, 0.25) is 0 Å². The van der Waals surface area contributed by atoms with Crippen molar-refractivity contribution in [2.75, 3.05) is 0 Å². The number of ketones is 1. The fourth-order valence-corrected chi connectivity index (χ4v) is 7.19. The van der Waals surface area contributed by atoms with Crippen LogP contribution in [0.3, 0.4) is 0 Å². The van der Waals surface area contributed by atoms with Crippen LogP contribution >= 0.6 is 0 Å². The molecular formula is C35H42O10.